The van der Waals surface area contributed by atoms with Crippen LogP contribution in [0.2, 0.25) is 0 Å². The molecule has 0 saturated carbocycles. The van der Waals surface area contributed by atoms with Crippen molar-refractivity contribution in [1.29, 1.82) is 0 Å². The van der Waals surface area contributed by atoms with E-state index in [0.717, 1.165) is 10.1 Å². The highest BCUT2D eigenvalue weighted by Crippen LogP contribution is 2.26. The molecule has 1 aromatic heterocycles. The van der Waals surface area contributed by atoms with Crippen molar-refractivity contribution in [2.24, 2.45) is 5.41 Å². The first-order chi connectivity index (χ1) is 8.91. The van der Waals surface area contributed by atoms with Crippen molar-refractivity contribution in [1.82, 2.24) is 5.32 Å². The van der Waals surface area contributed by atoms with E-state index >= 15 is 0 Å². The average molecular weight is 300 g/mol. The fourth-order valence-electron chi connectivity index (χ4n) is 1.57. The van der Waals surface area contributed by atoms with Crippen LogP contribution in [0.4, 0.5) is 4.39 Å². The minimum Gasteiger partial charge on any atom is -0.351 e. The lowest BCUT2D eigenvalue weighted by Crippen LogP contribution is -2.34. The molecule has 0 aliphatic rings. The van der Waals surface area contributed by atoms with E-state index in [1.807, 2.05) is 13.8 Å². The van der Waals surface area contributed by atoms with Crippen LogP contribution >= 0.6 is 22.9 Å². The van der Waals surface area contributed by atoms with Gasteiger partial charge in [0.05, 0.1) is 4.88 Å². The van der Waals surface area contributed by atoms with Crippen molar-refractivity contribution in [3.8, 4) is 0 Å². The van der Waals surface area contributed by atoms with Crippen molar-refractivity contribution in [3.63, 3.8) is 0 Å². The third kappa shape index (κ3) is 3.45. The van der Waals surface area contributed by atoms with Crippen LogP contribution in [0.3, 0.4) is 0 Å². The number of carbonyl (C=O) groups is 1. The summed E-state index contributed by atoms with van der Waals surface area (Å²) in [5.74, 6) is 0.0506. The molecule has 2 aromatic rings. The van der Waals surface area contributed by atoms with Gasteiger partial charge in [-0.3, -0.25) is 4.79 Å². The van der Waals surface area contributed by atoms with E-state index in [4.69, 9.17) is 11.6 Å². The second kappa shape index (κ2) is 5.47. The monoisotopic (exact) mass is 299 g/mol. The number of nitrogens with one attached hydrogen (secondary N) is 1. The van der Waals surface area contributed by atoms with E-state index in [2.05, 4.69) is 5.32 Å². The van der Waals surface area contributed by atoms with Crippen LogP contribution in [0.1, 0.15) is 23.5 Å². The first-order valence-corrected chi connectivity index (χ1v) is 7.30. The Morgan fingerprint density at radius 2 is 2.16 bits per heavy atom. The summed E-state index contributed by atoms with van der Waals surface area (Å²) in [6.45, 7) is 4.49. The van der Waals surface area contributed by atoms with Crippen molar-refractivity contribution in [2.75, 3.05) is 12.4 Å². The first kappa shape index (κ1) is 14.3. The number of hydrogen-bond donors (Lipinski definition) is 1. The zero-order chi connectivity index (χ0) is 14.0. The van der Waals surface area contributed by atoms with Crippen molar-refractivity contribution >= 4 is 38.9 Å². The summed E-state index contributed by atoms with van der Waals surface area (Å²) in [6, 6.07) is 6.30. The number of amides is 1. The lowest BCUT2D eigenvalue weighted by Gasteiger charge is -2.21. The zero-order valence-corrected chi connectivity index (χ0v) is 12.4. The number of alkyl halides is 1. The quantitative estimate of drug-likeness (QED) is 0.848. The molecule has 0 atom stereocenters. The lowest BCUT2D eigenvalue weighted by atomic mass is 9.96. The summed E-state index contributed by atoms with van der Waals surface area (Å²) in [5.41, 5.74) is -0.139. The average Bonchev–Trinajstić information content (AvgIpc) is 2.79. The summed E-state index contributed by atoms with van der Waals surface area (Å²) in [4.78, 5) is 12.6. The number of fused-ring (bicyclic) bond motifs is 1. The second-order valence-electron chi connectivity index (χ2n) is 5.27. The molecule has 1 aromatic carbocycles. The normalized spacial score (nSPS) is 11.8. The van der Waals surface area contributed by atoms with Crippen LogP contribution in [-0.2, 0) is 0 Å². The zero-order valence-electron chi connectivity index (χ0n) is 10.8. The highest BCUT2D eigenvalue weighted by atomic mass is 35.5. The summed E-state index contributed by atoms with van der Waals surface area (Å²) in [5, 5.41) is 3.74. The predicted molar refractivity (Wildman–Crippen MR) is 78.6 cm³/mol. The molecule has 1 N–H and O–H groups in total. The van der Waals surface area contributed by atoms with E-state index < -0.39 is 0 Å². The van der Waals surface area contributed by atoms with E-state index in [0.29, 0.717) is 17.3 Å². The molecule has 0 aliphatic carbocycles. The fourth-order valence-corrected chi connectivity index (χ4v) is 2.67. The Labute approximate surface area is 120 Å². The van der Waals surface area contributed by atoms with E-state index in [1.165, 1.54) is 23.5 Å². The Morgan fingerprint density at radius 3 is 2.84 bits per heavy atom. The predicted octanol–water partition coefficient (Wildman–Crippen LogP) is 4.04. The van der Waals surface area contributed by atoms with Gasteiger partial charge in [0.2, 0.25) is 0 Å². The number of rotatable bonds is 4. The van der Waals surface area contributed by atoms with E-state index in [1.54, 1.807) is 12.1 Å². The standard InChI is InChI=1S/C14H15ClFNOS/c1-14(2,7-15)8-17-13(18)12-5-9-3-4-10(16)6-11(9)19-12/h3-6H,7-8H2,1-2H3,(H,17,18). The van der Waals surface area contributed by atoms with Gasteiger partial charge in [0.1, 0.15) is 5.82 Å². The molecule has 2 rings (SSSR count). The minimum atomic E-state index is -0.287. The third-order valence-corrected chi connectivity index (χ3v) is 4.62. The largest absolute Gasteiger partial charge is 0.351 e. The molecule has 1 heterocycles. The first-order valence-electron chi connectivity index (χ1n) is 5.94. The number of hydrogen-bond acceptors (Lipinski definition) is 2. The molecule has 0 radical (unpaired) electrons. The van der Waals surface area contributed by atoms with Gasteiger partial charge in [-0.25, -0.2) is 4.39 Å². The third-order valence-electron chi connectivity index (χ3n) is 2.80. The Kier molecular flexibility index (Phi) is 4.11. The Balaban J connectivity index is 2.13. The number of thiophene rings is 1. The molecule has 0 saturated heterocycles. The minimum absolute atomic E-state index is 0.139. The highest BCUT2D eigenvalue weighted by molar-refractivity contribution is 7.20. The number of halogens is 2. The molecule has 0 aliphatic heterocycles. The molecular formula is C14H15ClFNOS. The van der Waals surface area contributed by atoms with Gasteiger partial charge in [-0.1, -0.05) is 19.9 Å². The maximum Gasteiger partial charge on any atom is 0.261 e. The van der Waals surface area contributed by atoms with Crippen LogP contribution in [0.5, 0.6) is 0 Å². The SMILES string of the molecule is CC(C)(CCl)CNC(=O)c1cc2ccc(F)cc2s1. The van der Waals surface area contributed by atoms with Crippen molar-refractivity contribution in [3.05, 3.63) is 35.0 Å². The summed E-state index contributed by atoms with van der Waals surface area (Å²) in [6.07, 6.45) is 0. The van der Waals surface area contributed by atoms with E-state index in [-0.39, 0.29) is 17.1 Å². The van der Waals surface area contributed by atoms with Gasteiger partial charge in [0, 0.05) is 17.1 Å². The fraction of sp³-hybridized carbons (Fsp3) is 0.357. The molecule has 0 spiro atoms. The molecule has 5 heteroatoms. The number of carbonyl (C=O) groups excluding carboxylic acids is 1. The van der Waals surface area contributed by atoms with Crippen LogP contribution in [-0.4, -0.2) is 18.3 Å². The van der Waals surface area contributed by atoms with Crippen LogP contribution in [0.15, 0.2) is 24.3 Å². The Bertz CT molecular complexity index is 609. The molecule has 0 bridgehead atoms. The molecule has 1 amide bonds. The second-order valence-corrected chi connectivity index (χ2v) is 6.62. The lowest BCUT2D eigenvalue weighted by molar-refractivity contribution is 0.0944. The topological polar surface area (TPSA) is 29.1 Å². The van der Waals surface area contributed by atoms with Gasteiger partial charge in [0.25, 0.3) is 5.91 Å². The van der Waals surface area contributed by atoms with Crippen LogP contribution in [0, 0.1) is 11.2 Å². The van der Waals surface area contributed by atoms with Crippen molar-refractivity contribution in [2.45, 2.75) is 13.8 Å². The van der Waals surface area contributed by atoms with Gasteiger partial charge in [0.15, 0.2) is 0 Å². The van der Waals surface area contributed by atoms with Gasteiger partial charge >= 0.3 is 0 Å². The van der Waals surface area contributed by atoms with Gasteiger partial charge in [-0.15, -0.1) is 22.9 Å². The molecule has 102 valence electrons. The van der Waals surface area contributed by atoms with Gasteiger partial charge in [-0.2, -0.15) is 0 Å². The number of benzene rings is 1. The molecule has 19 heavy (non-hydrogen) atoms. The summed E-state index contributed by atoms with van der Waals surface area (Å²) < 4.78 is 13.9. The highest BCUT2D eigenvalue weighted by Gasteiger charge is 2.18. The molecule has 0 unspecified atom stereocenters. The summed E-state index contributed by atoms with van der Waals surface area (Å²) in [7, 11) is 0. The summed E-state index contributed by atoms with van der Waals surface area (Å²) >= 11 is 7.11. The van der Waals surface area contributed by atoms with E-state index in [9.17, 15) is 9.18 Å². The molecule has 0 fully saturated rings. The smallest absolute Gasteiger partial charge is 0.261 e. The molecule has 2 nitrogen and oxygen atoms in total. The molecular weight excluding hydrogens is 285 g/mol. The van der Waals surface area contributed by atoms with Gasteiger partial charge in [-0.05, 0) is 29.0 Å². The Hall–Kier alpha value is -1.13. The van der Waals surface area contributed by atoms with Crippen LogP contribution in [0.25, 0.3) is 10.1 Å². The maximum atomic E-state index is 13.1. The van der Waals surface area contributed by atoms with Crippen molar-refractivity contribution < 1.29 is 9.18 Å². The Morgan fingerprint density at radius 1 is 1.42 bits per heavy atom. The maximum absolute atomic E-state index is 13.1. The van der Waals surface area contributed by atoms with Crippen LogP contribution < -0.4 is 5.32 Å². The van der Waals surface area contributed by atoms with Gasteiger partial charge < -0.3 is 5.32 Å².